The number of phenols is 1. The number of aromatic nitrogens is 1. The SMILES string of the molecule is Cc1ccc(O)c(N=Cc2ccc[nH]2)c1. The Bertz CT molecular complexity index is 472. The first-order valence-corrected chi connectivity index (χ1v) is 4.73. The Morgan fingerprint density at radius 3 is 2.93 bits per heavy atom. The fourth-order valence-electron chi connectivity index (χ4n) is 1.30. The fourth-order valence-corrected chi connectivity index (χ4v) is 1.30. The molecule has 0 fully saturated rings. The molecule has 0 unspecified atom stereocenters. The molecule has 0 bridgehead atoms. The summed E-state index contributed by atoms with van der Waals surface area (Å²) in [4.78, 5) is 7.21. The van der Waals surface area contributed by atoms with Crippen LogP contribution in [-0.4, -0.2) is 16.3 Å². The van der Waals surface area contributed by atoms with Gasteiger partial charge in [0.1, 0.15) is 11.4 Å². The first kappa shape index (κ1) is 9.52. The van der Waals surface area contributed by atoms with Gasteiger partial charge in [0.05, 0.1) is 11.9 Å². The van der Waals surface area contributed by atoms with Gasteiger partial charge in [-0.15, -0.1) is 0 Å². The molecule has 0 aliphatic carbocycles. The predicted octanol–water partition coefficient (Wildman–Crippen LogP) is 2.78. The maximum Gasteiger partial charge on any atom is 0.141 e. The molecular formula is C12H12N2O. The van der Waals surface area contributed by atoms with Crippen LogP contribution >= 0.6 is 0 Å². The van der Waals surface area contributed by atoms with Gasteiger partial charge in [-0.1, -0.05) is 6.07 Å². The summed E-state index contributed by atoms with van der Waals surface area (Å²) in [6.07, 6.45) is 3.52. The molecule has 76 valence electrons. The molecule has 0 amide bonds. The number of nitrogens with zero attached hydrogens (tertiary/aromatic N) is 1. The Hall–Kier alpha value is -2.03. The van der Waals surface area contributed by atoms with E-state index in [9.17, 15) is 5.11 Å². The highest BCUT2D eigenvalue weighted by atomic mass is 16.3. The van der Waals surface area contributed by atoms with Crippen molar-refractivity contribution >= 4 is 11.9 Å². The van der Waals surface area contributed by atoms with E-state index < -0.39 is 0 Å². The van der Waals surface area contributed by atoms with E-state index in [1.165, 1.54) is 0 Å². The molecule has 15 heavy (non-hydrogen) atoms. The number of aromatic hydroxyl groups is 1. The second-order valence-electron chi connectivity index (χ2n) is 3.38. The van der Waals surface area contributed by atoms with Gasteiger partial charge in [-0.3, -0.25) is 4.99 Å². The van der Waals surface area contributed by atoms with Gasteiger partial charge in [0.25, 0.3) is 0 Å². The molecule has 2 N–H and O–H groups in total. The minimum Gasteiger partial charge on any atom is -0.506 e. The zero-order valence-electron chi connectivity index (χ0n) is 8.44. The molecule has 1 heterocycles. The summed E-state index contributed by atoms with van der Waals surface area (Å²) < 4.78 is 0. The number of rotatable bonds is 2. The summed E-state index contributed by atoms with van der Waals surface area (Å²) in [7, 11) is 0. The first-order chi connectivity index (χ1) is 7.25. The van der Waals surface area contributed by atoms with Gasteiger partial charge in [-0.05, 0) is 36.8 Å². The maximum atomic E-state index is 9.54. The number of phenolic OH excluding ortho intramolecular Hbond substituents is 1. The van der Waals surface area contributed by atoms with Crippen LogP contribution in [-0.2, 0) is 0 Å². The van der Waals surface area contributed by atoms with E-state index in [0.717, 1.165) is 11.3 Å². The van der Waals surface area contributed by atoms with Crippen LogP contribution in [0.5, 0.6) is 5.75 Å². The van der Waals surface area contributed by atoms with Crippen LogP contribution in [0.3, 0.4) is 0 Å². The van der Waals surface area contributed by atoms with Crippen molar-refractivity contribution in [2.45, 2.75) is 6.92 Å². The third-order valence-corrected chi connectivity index (χ3v) is 2.10. The quantitative estimate of drug-likeness (QED) is 0.719. The molecule has 1 aromatic heterocycles. The molecule has 3 heteroatoms. The van der Waals surface area contributed by atoms with Gasteiger partial charge >= 0.3 is 0 Å². The lowest BCUT2D eigenvalue weighted by molar-refractivity contribution is 0.477. The number of aryl methyl sites for hydroxylation is 1. The molecule has 2 rings (SSSR count). The Morgan fingerprint density at radius 1 is 1.33 bits per heavy atom. The lowest BCUT2D eigenvalue weighted by atomic mass is 10.2. The summed E-state index contributed by atoms with van der Waals surface area (Å²) in [6.45, 7) is 1.97. The van der Waals surface area contributed by atoms with Crippen LogP contribution in [0.2, 0.25) is 0 Å². The first-order valence-electron chi connectivity index (χ1n) is 4.73. The Morgan fingerprint density at radius 2 is 2.20 bits per heavy atom. The van der Waals surface area contributed by atoms with Gasteiger partial charge < -0.3 is 10.1 Å². The number of benzene rings is 1. The van der Waals surface area contributed by atoms with Crippen molar-refractivity contribution in [3.63, 3.8) is 0 Å². The van der Waals surface area contributed by atoms with Crippen molar-refractivity contribution < 1.29 is 5.11 Å². The monoisotopic (exact) mass is 200 g/mol. The zero-order valence-corrected chi connectivity index (χ0v) is 8.44. The van der Waals surface area contributed by atoms with Crippen molar-refractivity contribution in [3.8, 4) is 5.75 Å². The average molecular weight is 200 g/mol. The number of aliphatic imine (C=N–C) groups is 1. The van der Waals surface area contributed by atoms with Crippen LogP contribution in [0, 0.1) is 6.92 Å². The highest BCUT2D eigenvalue weighted by Crippen LogP contribution is 2.26. The summed E-state index contributed by atoms with van der Waals surface area (Å²) in [5.41, 5.74) is 2.58. The van der Waals surface area contributed by atoms with Crippen molar-refractivity contribution in [2.75, 3.05) is 0 Å². The van der Waals surface area contributed by atoms with Gasteiger partial charge in [0.15, 0.2) is 0 Å². The molecule has 3 nitrogen and oxygen atoms in total. The largest absolute Gasteiger partial charge is 0.506 e. The maximum absolute atomic E-state index is 9.54. The standard InChI is InChI=1S/C12H12N2O/c1-9-4-5-12(15)11(7-9)14-8-10-3-2-6-13-10/h2-8,13,15H,1H3. The summed E-state index contributed by atoms with van der Waals surface area (Å²) in [5, 5.41) is 9.54. The molecule has 1 aromatic carbocycles. The molecule has 0 atom stereocenters. The van der Waals surface area contributed by atoms with Gasteiger partial charge in [0, 0.05) is 6.20 Å². The van der Waals surface area contributed by atoms with Gasteiger partial charge in [0.2, 0.25) is 0 Å². The van der Waals surface area contributed by atoms with Crippen molar-refractivity contribution in [1.29, 1.82) is 0 Å². The van der Waals surface area contributed by atoms with E-state index in [0.29, 0.717) is 5.69 Å². The average Bonchev–Trinajstić information content (AvgIpc) is 2.72. The molecule has 0 radical (unpaired) electrons. The second kappa shape index (κ2) is 4.00. The summed E-state index contributed by atoms with van der Waals surface area (Å²) in [6, 6.07) is 9.16. The molecule has 0 saturated heterocycles. The van der Waals surface area contributed by atoms with Crippen LogP contribution in [0.4, 0.5) is 5.69 Å². The zero-order chi connectivity index (χ0) is 10.7. The van der Waals surface area contributed by atoms with E-state index in [1.807, 2.05) is 37.4 Å². The molecular weight excluding hydrogens is 188 g/mol. The fraction of sp³-hybridized carbons (Fsp3) is 0.0833. The number of aromatic amines is 1. The van der Waals surface area contributed by atoms with Gasteiger partial charge in [-0.2, -0.15) is 0 Å². The number of nitrogens with one attached hydrogen (secondary N) is 1. The predicted molar refractivity (Wildman–Crippen MR) is 60.9 cm³/mol. The second-order valence-corrected chi connectivity index (χ2v) is 3.38. The highest BCUT2D eigenvalue weighted by Gasteiger charge is 1.97. The topological polar surface area (TPSA) is 48.4 Å². The Kier molecular flexibility index (Phi) is 2.54. The smallest absolute Gasteiger partial charge is 0.141 e. The van der Waals surface area contributed by atoms with E-state index in [-0.39, 0.29) is 5.75 Å². The highest BCUT2D eigenvalue weighted by molar-refractivity contribution is 5.80. The summed E-state index contributed by atoms with van der Waals surface area (Å²) in [5.74, 6) is 0.198. The third-order valence-electron chi connectivity index (χ3n) is 2.10. The minimum atomic E-state index is 0.198. The van der Waals surface area contributed by atoms with Crippen LogP contribution in [0.15, 0.2) is 41.5 Å². The number of H-pyrrole nitrogens is 1. The lowest BCUT2D eigenvalue weighted by Crippen LogP contribution is -1.79. The van der Waals surface area contributed by atoms with Crippen LogP contribution < -0.4 is 0 Å². The lowest BCUT2D eigenvalue weighted by Gasteiger charge is -1.99. The Balaban J connectivity index is 2.27. The van der Waals surface area contributed by atoms with E-state index in [4.69, 9.17) is 0 Å². The third kappa shape index (κ3) is 2.26. The molecule has 0 aliphatic heterocycles. The van der Waals surface area contributed by atoms with Crippen molar-refractivity contribution in [2.24, 2.45) is 4.99 Å². The number of hydrogen-bond acceptors (Lipinski definition) is 2. The molecule has 0 aliphatic rings. The van der Waals surface area contributed by atoms with E-state index in [1.54, 1.807) is 12.3 Å². The van der Waals surface area contributed by atoms with Crippen LogP contribution in [0.25, 0.3) is 0 Å². The molecule has 2 aromatic rings. The molecule has 0 saturated carbocycles. The van der Waals surface area contributed by atoms with E-state index >= 15 is 0 Å². The molecule has 0 spiro atoms. The normalized spacial score (nSPS) is 11.0. The Labute approximate surface area is 88.1 Å². The van der Waals surface area contributed by atoms with E-state index in [2.05, 4.69) is 9.98 Å². The van der Waals surface area contributed by atoms with Crippen molar-refractivity contribution in [3.05, 3.63) is 47.8 Å². The van der Waals surface area contributed by atoms with Gasteiger partial charge in [-0.25, -0.2) is 0 Å². The summed E-state index contributed by atoms with van der Waals surface area (Å²) >= 11 is 0. The van der Waals surface area contributed by atoms with Crippen molar-refractivity contribution in [1.82, 2.24) is 4.98 Å². The van der Waals surface area contributed by atoms with Crippen LogP contribution in [0.1, 0.15) is 11.3 Å². The minimum absolute atomic E-state index is 0.198. The number of hydrogen-bond donors (Lipinski definition) is 2.